The molecular formula is C11H12N2O7. The molecule has 0 bridgehead atoms. The topological polar surface area (TPSA) is 139 Å². The highest BCUT2D eigenvalue weighted by Gasteiger charge is 2.24. The zero-order valence-electron chi connectivity index (χ0n) is 10.4. The molecule has 0 fully saturated rings. The number of aliphatic carboxylic acids is 2. The van der Waals surface area contributed by atoms with E-state index in [0.29, 0.717) is 0 Å². The second-order valence-corrected chi connectivity index (χ2v) is 3.77. The molecule has 0 saturated carbocycles. The Bertz CT molecular complexity index is 544. The Labute approximate surface area is 112 Å². The number of benzene rings is 1. The van der Waals surface area contributed by atoms with Gasteiger partial charge in [0, 0.05) is 0 Å². The molecule has 0 saturated heterocycles. The summed E-state index contributed by atoms with van der Waals surface area (Å²) in [5, 5.41) is 30.8. The number of nitrogens with zero attached hydrogens (tertiary/aromatic N) is 1. The van der Waals surface area contributed by atoms with Crippen LogP contribution in [-0.4, -0.2) is 40.2 Å². The molecule has 1 aromatic rings. The monoisotopic (exact) mass is 284 g/mol. The number of hydrogen-bond donors (Lipinski definition) is 3. The number of hydrogen-bond acceptors (Lipinski definition) is 6. The van der Waals surface area contributed by atoms with Gasteiger partial charge in [0.2, 0.25) is 0 Å². The lowest BCUT2D eigenvalue weighted by atomic mass is 10.1. The molecule has 9 nitrogen and oxygen atoms in total. The summed E-state index contributed by atoms with van der Waals surface area (Å²) in [6, 6.07) is 2.30. The van der Waals surface area contributed by atoms with Crippen molar-refractivity contribution >= 4 is 23.3 Å². The minimum absolute atomic E-state index is 0.0931. The Morgan fingerprint density at radius 2 is 2.10 bits per heavy atom. The van der Waals surface area contributed by atoms with Crippen LogP contribution < -0.4 is 10.1 Å². The summed E-state index contributed by atoms with van der Waals surface area (Å²) in [6.45, 7) is 0. The molecule has 0 spiro atoms. The van der Waals surface area contributed by atoms with Crippen molar-refractivity contribution in [2.45, 2.75) is 12.5 Å². The number of nitrogens with one attached hydrogen (secondary N) is 1. The highest BCUT2D eigenvalue weighted by atomic mass is 16.6. The van der Waals surface area contributed by atoms with Crippen LogP contribution in [0.2, 0.25) is 0 Å². The third kappa shape index (κ3) is 3.83. The molecule has 0 aliphatic heterocycles. The summed E-state index contributed by atoms with van der Waals surface area (Å²) in [5.74, 6) is -2.52. The van der Waals surface area contributed by atoms with Gasteiger partial charge in [-0.05, 0) is 12.1 Å². The number of rotatable bonds is 7. The quantitative estimate of drug-likeness (QED) is 0.496. The number of ether oxygens (including phenoxy) is 1. The molecule has 1 aromatic carbocycles. The van der Waals surface area contributed by atoms with Gasteiger partial charge in [-0.3, -0.25) is 14.9 Å². The maximum atomic E-state index is 10.9. The molecule has 1 unspecified atom stereocenters. The van der Waals surface area contributed by atoms with Gasteiger partial charge in [-0.25, -0.2) is 4.79 Å². The van der Waals surface area contributed by atoms with E-state index in [4.69, 9.17) is 14.9 Å². The standard InChI is InChI=1S/C11H12N2O7/c1-20-6-2-3-7(9(4-6)13(18)19)12-8(11(16)17)5-10(14)15/h2-4,8,12H,5H2,1H3,(H,14,15)(H,16,17). The first-order valence-corrected chi connectivity index (χ1v) is 5.38. The molecule has 0 radical (unpaired) electrons. The van der Waals surface area contributed by atoms with Crippen LogP contribution in [0.25, 0.3) is 0 Å². The van der Waals surface area contributed by atoms with Crippen molar-refractivity contribution in [2.24, 2.45) is 0 Å². The van der Waals surface area contributed by atoms with Crippen LogP contribution >= 0.6 is 0 Å². The Balaban J connectivity index is 3.08. The molecule has 0 aliphatic rings. The fourth-order valence-corrected chi connectivity index (χ4v) is 1.47. The zero-order chi connectivity index (χ0) is 15.3. The molecule has 108 valence electrons. The van der Waals surface area contributed by atoms with Gasteiger partial charge in [-0.1, -0.05) is 0 Å². The van der Waals surface area contributed by atoms with Gasteiger partial charge >= 0.3 is 11.9 Å². The molecule has 1 atom stereocenters. The van der Waals surface area contributed by atoms with Crippen molar-refractivity contribution in [1.82, 2.24) is 0 Å². The molecule has 20 heavy (non-hydrogen) atoms. The zero-order valence-corrected chi connectivity index (χ0v) is 10.4. The summed E-state index contributed by atoms with van der Waals surface area (Å²) in [5.41, 5.74) is -0.495. The van der Waals surface area contributed by atoms with Crippen molar-refractivity contribution in [3.05, 3.63) is 28.3 Å². The second-order valence-electron chi connectivity index (χ2n) is 3.77. The Morgan fingerprint density at radius 3 is 2.55 bits per heavy atom. The Hall–Kier alpha value is -2.84. The van der Waals surface area contributed by atoms with Gasteiger partial charge in [0.05, 0.1) is 24.5 Å². The fourth-order valence-electron chi connectivity index (χ4n) is 1.47. The van der Waals surface area contributed by atoms with Crippen molar-refractivity contribution in [3.8, 4) is 5.75 Å². The highest BCUT2D eigenvalue weighted by Crippen LogP contribution is 2.29. The van der Waals surface area contributed by atoms with Crippen LogP contribution in [0.5, 0.6) is 5.75 Å². The molecule has 0 aromatic heterocycles. The number of anilines is 1. The smallest absolute Gasteiger partial charge is 0.326 e. The van der Waals surface area contributed by atoms with Gasteiger partial charge in [-0.2, -0.15) is 0 Å². The summed E-state index contributed by atoms with van der Waals surface area (Å²) in [4.78, 5) is 31.7. The van der Waals surface area contributed by atoms with Crippen LogP contribution in [0.3, 0.4) is 0 Å². The first-order valence-electron chi connectivity index (χ1n) is 5.38. The number of nitro groups is 1. The molecular weight excluding hydrogens is 272 g/mol. The summed E-state index contributed by atoms with van der Waals surface area (Å²) in [7, 11) is 1.33. The van der Waals surface area contributed by atoms with Crippen LogP contribution in [0, 0.1) is 10.1 Å². The molecule has 3 N–H and O–H groups in total. The molecule has 1 rings (SSSR count). The van der Waals surface area contributed by atoms with Gasteiger partial charge in [0.1, 0.15) is 17.5 Å². The van der Waals surface area contributed by atoms with E-state index in [1.54, 1.807) is 0 Å². The normalized spacial score (nSPS) is 11.4. The van der Waals surface area contributed by atoms with E-state index in [2.05, 4.69) is 5.32 Å². The largest absolute Gasteiger partial charge is 0.496 e. The van der Waals surface area contributed by atoms with Gasteiger partial charge in [0.15, 0.2) is 0 Å². The van der Waals surface area contributed by atoms with Crippen LogP contribution in [-0.2, 0) is 9.59 Å². The van der Waals surface area contributed by atoms with Crippen molar-refractivity contribution in [3.63, 3.8) is 0 Å². The average Bonchev–Trinajstić information content (AvgIpc) is 2.37. The van der Waals surface area contributed by atoms with Crippen molar-refractivity contribution in [2.75, 3.05) is 12.4 Å². The highest BCUT2D eigenvalue weighted by molar-refractivity contribution is 5.84. The summed E-state index contributed by atoms with van der Waals surface area (Å²) in [6.07, 6.45) is -0.710. The Morgan fingerprint density at radius 1 is 1.45 bits per heavy atom. The predicted molar refractivity (Wildman–Crippen MR) is 66.9 cm³/mol. The van der Waals surface area contributed by atoms with Gasteiger partial charge in [-0.15, -0.1) is 0 Å². The first-order chi connectivity index (χ1) is 9.35. The molecule has 0 aliphatic carbocycles. The van der Waals surface area contributed by atoms with Crippen LogP contribution in [0.15, 0.2) is 18.2 Å². The van der Waals surface area contributed by atoms with E-state index >= 15 is 0 Å². The number of carboxylic acid groups (broad SMARTS) is 2. The third-order valence-electron chi connectivity index (χ3n) is 2.41. The minimum atomic E-state index is -1.47. The molecule has 0 heterocycles. The lowest BCUT2D eigenvalue weighted by Gasteiger charge is -2.14. The third-order valence-corrected chi connectivity index (χ3v) is 2.41. The Kier molecular flexibility index (Phi) is 4.84. The number of methoxy groups -OCH3 is 1. The van der Waals surface area contributed by atoms with E-state index in [9.17, 15) is 19.7 Å². The van der Waals surface area contributed by atoms with Crippen LogP contribution in [0.4, 0.5) is 11.4 Å². The summed E-state index contributed by atoms with van der Waals surface area (Å²) < 4.78 is 4.83. The van der Waals surface area contributed by atoms with Crippen LogP contribution in [0.1, 0.15) is 6.42 Å². The van der Waals surface area contributed by atoms with E-state index < -0.39 is 35.0 Å². The second kappa shape index (κ2) is 6.36. The van der Waals surface area contributed by atoms with E-state index in [0.717, 1.165) is 6.07 Å². The maximum Gasteiger partial charge on any atom is 0.326 e. The number of carboxylic acids is 2. The molecule has 9 heteroatoms. The average molecular weight is 284 g/mol. The fraction of sp³-hybridized carbons (Fsp3) is 0.273. The summed E-state index contributed by atoms with van der Waals surface area (Å²) >= 11 is 0. The molecule has 0 amide bonds. The number of carbonyl (C=O) groups is 2. The maximum absolute atomic E-state index is 10.9. The predicted octanol–water partition coefficient (Wildman–Crippen LogP) is 0.943. The SMILES string of the molecule is COc1ccc(NC(CC(=O)O)C(=O)O)c([N+](=O)[O-])c1. The first kappa shape index (κ1) is 15.2. The van der Waals surface area contributed by atoms with Gasteiger partial charge < -0.3 is 20.3 Å². The number of nitro benzene ring substituents is 1. The van der Waals surface area contributed by atoms with Crippen molar-refractivity contribution in [1.29, 1.82) is 0 Å². The lowest BCUT2D eigenvalue weighted by molar-refractivity contribution is -0.384. The van der Waals surface area contributed by atoms with E-state index in [1.807, 2.05) is 0 Å². The van der Waals surface area contributed by atoms with Crippen molar-refractivity contribution < 1.29 is 29.5 Å². The van der Waals surface area contributed by atoms with E-state index in [1.165, 1.54) is 19.2 Å². The lowest BCUT2D eigenvalue weighted by Crippen LogP contribution is -2.32. The minimum Gasteiger partial charge on any atom is -0.496 e. The van der Waals surface area contributed by atoms with Gasteiger partial charge in [0.25, 0.3) is 5.69 Å². The van der Waals surface area contributed by atoms with E-state index in [-0.39, 0.29) is 11.4 Å².